The first kappa shape index (κ1) is 14.6. The lowest BCUT2D eigenvalue weighted by Gasteiger charge is -2.05. The van der Waals surface area contributed by atoms with Gasteiger partial charge in [0.2, 0.25) is 9.84 Å². The van der Waals surface area contributed by atoms with Crippen molar-refractivity contribution in [2.45, 2.75) is 4.90 Å². The SMILES string of the molecule is COc1ccccc1S(=O)(=O)/C=C/c1ccc(Cl)cn1. The number of aromatic nitrogens is 1. The van der Waals surface area contributed by atoms with E-state index in [1.807, 2.05) is 0 Å². The fraction of sp³-hybridized carbons (Fsp3) is 0.0714. The molecule has 0 unspecified atom stereocenters. The summed E-state index contributed by atoms with van der Waals surface area (Å²) in [6.45, 7) is 0. The average Bonchev–Trinajstić information content (AvgIpc) is 2.46. The highest BCUT2D eigenvalue weighted by Crippen LogP contribution is 2.25. The van der Waals surface area contributed by atoms with Gasteiger partial charge in [0.15, 0.2) is 0 Å². The molecule has 0 amide bonds. The van der Waals surface area contributed by atoms with Crippen molar-refractivity contribution in [3.05, 3.63) is 58.7 Å². The van der Waals surface area contributed by atoms with E-state index in [9.17, 15) is 8.42 Å². The Morgan fingerprint density at radius 3 is 2.60 bits per heavy atom. The second-order valence-electron chi connectivity index (χ2n) is 3.90. The van der Waals surface area contributed by atoms with E-state index < -0.39 is 9.84 Å². The molecule has 2 aromatic rings. The number of hydrogen-bond acceptors (Lipinski definition) is 4. The van der Waals surface area contributed by atoms with Gasteiger partial charge in [-0.1, -0.05) is 23.7 Å². The number of sulfone groups is 1. The Morgan fingerprint density at radius 2 is 1.95 bits per heavy atom. The second-order valence-corrected chi connectivity index (χ2v) is 6.14. The van der Waals surface area contributed by atoms with Gasteiger partial charge in [-0.3, -0.25) is 4.98 Å². The molecule has 0 spiro atoms. The lowest BCUT2D eigenvalue weighted by molar-refractivity contribution is 0.403. The van der Waals surface area contributed by atoms with Crippen LogP contribution in [0.1, 0.15) is 5.69 Å². The molecule has 0 radical (unpaired) electrons. The van der Waals surface area contributed by atoms with Crippen LogP contribution in [-0.2, 0) is 9.84 Å². The van der Waals surface area contributed by atoms with Gasteiger partial charge in [0, 0.05) is 11.6 Å². The molecule has 1 aromatic carbocycles. The smallest absolute Gasteiger partial charge is 0.203 e. The van der Waals surface area contributed by atoms with Crippen LogP contribution in [0, 0.1) is 0 Å². The minimum Gasteiger partial charge on any atom is -0.495 e. The summed E-state index contributed by atoms with van der Waals surface area (Å²) in [6.07, 6.45) is 2.87. The van der Waals surface area contributed by atoms with Crippen molar-refractivity contribution in [1.82, 2.24) is 4.98 Å². The highest BCUT2D eigenvalue weighted by molar-refractivity contribution is 7.94. The van der Waals surface area contributed by atoms with Gasteiger partial charge >= 0.3 is 0 Å². The third kappa shape index (κ3) is 3.37. The molecule has 20 heavy (non-hydrogen) atoms. The number of rotatable bonds is 4. The summed E-state index contributed by atoms with van der Waals surface area (Å²) in [7, 11) is -2.16. The molecular formula is C14H12ClNO3S. The lowest BCUT2D eigenvalue weighted by atomic mass is 10.3. The van der Waals surface area contributed by atoms with Crippen LogP contribution in [0.2, 0.25) is 5.02 Å². The molecule has 6 heteroatoms. The summed E-state index contributed by atoms with van der Waals surface area (Å²) in [5.74, 6) is 0.307. The van der Waals surface area contributed by atoms with Crippen LogP contribution in [0.5, 0.6) is 5.75 Å². The Bertz CT molecular complexity index is 724. The normalized spacial score (nSPS) is 11.7. The van der Waals surface area contributed by atoms with Gasteiger partial charge in [0.05, 0.1) is 17.8 Å². The molecule has 0 aliphatic heterocycles. The number of benzene rings is 1. The van der Waals surface area contributed by atoms with Gasteiger partial charge in [-0.05, 0) is 30.3 Å². The standard InChI is InChI=1S/C14H12ClNO3S/c1-19-13-4-2-3-5-14(13)20(17,18)9-8-12-7-6-11(15)10-16-12/h2-10H,1H3/b9-8+. The number of para-hydroxylation sites is 1. The molecule has 0 aliphatic carbocycles. The van der Waals surface area contributed by atoms with Crippen molar-refractivity contribution in [2.75, 3.05) is 7.11 Å². The van der Waals surface area contributed by atoms with Crippen molar-refractivity contribution in [1.29, 1.82) is 0 Å². The zero-order valence-electron chi connectivity index (χ0n) is 10.7. The summed E-state index contributed by atoms with van der Waals surface area (Å²) >= 11 is 5.72. The molecule has 0 aliphatic rings. The first-order chi connectivity index (χ1) is 9.53. The van der Waals surface area contributed by atoms with Crippen LogP contribution in [0.15, 0.2) is 52.9 Å². The molecular weight excluding hydrogens is 298 g/mol. The van der Waals surface area contributed by atoms with E-state index in [0.29, 0.717) is 16.5 Å². The Hall–Kier alpha value is -1.85. The maximum absolute atomic E-state index is 12.2. The predicted molar refractivity (Wildman–Crippen MR) is 78.5 cm³/mol. The molecule has 2 rings (SSSR count). The number of ether oxygens (including phenoxy) is 1. The number of methoxy groups -OCH3 is 1. The molecule has 0 N–H and O–H groups in total. The third-order valence-electron chi connectivity index (χ3n) is 2.54. The quantitative estimate of drug-likeness (QED) is 0.870. The van der Waals surface area contributed by atoms with Crippen molar-refractivity contribution >= 4 is 27.5 Å². The zero-order chi connectivity index (χ0) is 14.6. The molecule has 0 saturated heterocycles. The fourth-order valence-corrected chi connectivity index (χ4v) is 2.85. The van der Waals surface area contributed by atoms with Crippen LogP contribution in [0.4, 0.5) is 0 Å². The van der Waals surface area contributed by atoms with E-state index in [1.54, 1.807) is 30.3 Å². The molecule has 1 aromatic heterocycles. The first-order valence-corrected chi connectivity index (χ1v) is 7.63. The van der Waals surface area contributed by atoms with Crippen molar-refractivity contribution in [2.24, 2.45) is 0 Å². The van der Waals surface area contributed by atoms with E-state index in [-0.39, 0.29) is 4.90 Å². The number of pyridine rings is 1. The van der Waals surface area contributed by atoms with Crippen LogP contribution in [0.3, 0.4) is 0 Å². The third-order valence-corrected chi connectivity index (χ3v) is 4.21. The summed E-state index contributed by atoms with van der Waals surface area (Å²) in [6, 6.07) is 9.72. The van der Waals surface area contributed by atoms with Crippen LogP contribution < -0.4 is 4.74 Å². The highest BCUT2D eigenvalue weighted by atomic mass is 35.5. The zero-order valence-corrected chi connectivity index (χ0v) is 12.2. The Balaban J connectivity index is 2.34. The minimum atomic E-state index is -3.59. The highest BCUT2D eigenvalue weighted by Gasteiger charge is 2.15. The van der Waals surface area contributed by atoms with Gasteiger partial charge in [0.1, 0.15) is 10.6 Å². The number of halogens is 1. The van der Waals surface area contributed by atoms with Gasteiger partial charge in [-0.25, -0.2) is 8.42 Å². The van der Waals surface area contributed by atoms with E-state index >= 15 is 0 Å². The van der Waals surface area contributed by atoms with E-state index in [0.717, 1.165) is 5.41 Å². The monoisotopic (exact) mass is 309 g/mol. The molecule has 0 atom stereocenters. The van der Waals surface area contributed by atoms with E-state index in [4.69, 9.17) is 16.3 Å². The average molecular weight is 310 g/mol. The van der Waals surface area contributed by atoms with Crippen molar-refractivity contribution in [3.8, 4) is 5.75 Å². The predicted octanol–water partition coefficient (Wildman–Crippen LogP) is 3.19. The maximum Gasteiger partial charge on any atom is 0.203 e. The minimum absolute atomic E-state index is 0.118. The Labute approximate surface area is 122 Å². The largest absolute Gasteiger partial charge is 0.495 e. The number of hydrogen-bond donors (Lipinski definition) is 0. The Kier molecular flexibility index (Phi) is 4.42. The Morgan fingerprint density at radius 1 is 1.20 bits per heavy atom. The summed E-state index contributed by atoms with van der Waals surface area (Å²) in [4.78, 5) is 4.12. The van der Waals surface area contributed by atoms with Crippen LogP contribution >= 0.6 is 11.6 Å². The molecule has 0 fully saturated rings. The van der Waals surface area contributed by atoms with Crippen LogP contribution in [0.25, 0.3) is 6.08 Å². The van der Waals surface area contributed by atoms with Crippen molar-refractivity contribution < 1.29 is 13.2 Å². The summed E-state index contributed by atoms with van der Waals surface area (Å²) in [5, 5.41) is 1.59. The van der Waals surface area contributed by atoms with Gasteiger partial charge in [-0.2, -0.15) is 0 Å². The van der Waals surface area contributed by atoms with Crippen LogP contribution in [-0.4, -0.2) is 20.5 Å². The molecule has 0 bridgehead atoms. The topological polar surface area (TPSA) is 56.3 Å². The summed E-state index contributed by atoms with van der Waals surface area (Å²) in [5.41, 5.74) is 0.507. The van der Waals surface area contributed by atoms with E-state index in [2.05, 4.69) is 4.98 Å². The maximum atomic E-state index is 12.2. The van der Waals surface area contributed by atoms with Gasteiger partial charge < -0.3 is 4.74 Å². The fourth-order valence-electron chi connectivity index (χ4n) is 1.57. The molecule has 4 nitrogen and oxygen atoms in total. The molecule has 104 valence electrons. The van der Waals surface area contributed by atoms with Gasteiger partial charge in [0.25, 0.3) is 0 Å². The second kappa shape index (κ2) is 6.07. The van der Waals surface area contributed by atoms with Gasteiger partial charge in [-0.15, -0.1) is 0 Å². The van der Waals surface area contributed by atoms with Crippen molar-refractivity contribution in [3.63, 3.8) is 0 Å². The lowest BCUT2D eigenvalue weighted by Crippen LogP contribution is -1.99. The van der Waals surface area contributed by atoms with E-state index in [1.165, 1.54) is 25.4 Å². The summed E-state index contributed by atoms with van der Waals surface area (Å²) < 4.78 is 29.5. The first-order valence-electron chi connectivity index (χ1n) is 5.71. The molecule has 1 heterocycles. The molecule has 0 saturated carbocycles. The number of nitrogens with zero attached hydrogens (tertiary/aromatic N) is 1.